The van der Waals surface area contributed by atoms with Gasteiger partial charge < -0.3 is 15.6 Å². The van der Waals surface area contributed by atoms with Gasteiger partial charge in [-0.25, -0.2) is 0 Å². The second-order valence-corrected chi connectivity index (χ2v) is 5.50. The second kappa shape index (κ2) is 6.05. The molecule has 3 N–H and O–H groups in total. The van der Waals surface area contributed by atoms with E-state index >= 15 is 0 Å². The zero-order chi connectivity index (χ0) is 13.8. The molecule has 104 valence electrons. The highest BCUT2D eigenvalue weighted by Gasteiger charge is 2.23. The molecular formula is C11H17N5O2S. The maximum atomic E-state index is 11.5. The molecular weight excluding hydrogens is 266 g/mol. The normalized spacial score (nSPS) is 14.4. The van der Waals surface area contributed by atoms with E-state index in [1.165, 1.54) is 11.8 Å². The minimum absolute atomic E-state index is 0.0224. The molecule has 8 heteroatoms. The van der Waals surface area contributed by atoms with Crippen molar-refractivity contribution in [2.24, 2.45) is 12.8 Å². The summed E-state index contributed by atoms with van der Waals surface area (Å²) in [6, 6.07) is 0.374. The lowest BCUT2D eigenvalue weighted by Crippen LogP contribution is -2.27. The Morgan fingerprint density at radius 1 is 1.47 bits per heavy atom. The third-order valence-electron chi connectivity index (χ3n) is 2.79. The van der Waals surface area contributed by atoms with E-state index in [9.17, 15) is 9.59 Å². The van der Waals surface area contributed by atoms with Gasteiger partial charge in [-0.1, -0.05) is 11.8 Å². The zero-order valence-corrected chi connectivity index (χ0v) is 11.6. The van der Waals surface area contributed by atoms with Crippen molar-refractivity contribution in [3.8, 4) is 0 Å². The first-order valence-electron chi connectivity index (χ1n) is 6.15. The van der Waals surface area contributed by atoms with Crippen LogP contribution in [0.5, 0.6) is 0 Å². The molecule has 0 aromatic carbocycles. The van der Waals surface area contributed by atoms with Gasteiger partial charge in [-0.05, 0) is 12.8 Å². The van der Waals surface area contributed by atoms with Crippen LogP contribution in [0.2, 0.25) is 0 Å². The predicted molar refractivity (Wildman–Crippen MR) is 70.4 cm³/mol. The number of nitrogens with zero attached hydrogens (tertiary/aromatic N) is 3. The molecule has 0 radical (unpaired) electrons. The Bertz CT molecular complexity index is 483. The van der Waals surface area contributed by atoms with Crippen LogP contribution in [-0.4, -0.2) is 38.4 Å². The number of aryl methyl sites for hydroxylation is 1. The lowest BCUT2D eigenvalue weighted by Gasteiger charge is -2.04. The Kier molecular flexibility index (Phi) is 4.41. The molecule has 7 nitrogen and oxygen atoms in total. The molecule has 0 aliphatic heterocycles. The van der Waals surface area contributed by atoms with Gasteiger partial charge in [0.2, 0.25) is 11.8 Å². The number of carbonyl (C=O) groups excluding carboxylic acids is 2. The number of aromatic nitrogens is 3. The van der Waals surface area contributed by atoms with Crippen molar-refractivity contribution in [2.45, 2.75) is 36.9 Å². The fourth-order valence-electron chi connectivity index (χ4n) is 1.55. The van der Waals surface area contributed by atoms with Crippen molar-refractivity contribution < 1.29 is 9.59 Å². The average Bonchev–Trinajstić information content (AvgIpc) is 3.08. The monoisotopic (exact) mass is 283 g/mol. The summed E-state index contributed by atoms with van der Waals surface area (Å²) in [6.07, 6.45) is 2.88. The van der Waals surface area contributed by atoms with E-state index in [-0.39, 0.29) is 18.2 Å². The van der Waals surface area contributed by atoms with Crippen molar-refractivity contribution in [1.29, 1.82) is 0 Å². The fraction of sp³-hybridized carbons (Fsp3) is 0.636. The maximum Gasteiger partial charge on any atom is 0.230 e. The summed E-state index contributed by atoms with van der Waals surface area (Å²) >= 11 is 1.34. The summed E-state index contributed by atoms with van der Waals surface area (Å²) in [7, 11) is 1.82. The highest BCUT2D eigenvalue weighted by atomic mass is 32.2. The Morgan fingerprint density at radius 2 is 2.21 bits per heavy atom. The van der Waals surface area contributed by atoms with Crippen LogP contribution in [0.15, 0.2) is 5.16 Å². The van der Waals surface area contributed by atoms with Crippen LogP contribution in [0.4, 0.5) is 0 Å². The second-order valence-electron chi connectivity index (χ2n) is 4.55. The number of nitrogens with one attached hydrogen (secondary N) is 1. The minimum atomic E-state index is -0.360. The van der Waals surface area contributed by atoms with Crippen molar-refractivity contribution in [3.05, 3.63) is 5.82 Å². The standard InChI is InChI=1S/C11H17N5O2S/c1-16-9(5-4-8(12)17)14-15-11(16)19-6-10(18)13-7-2-3-7/h7H,2-6H2,1H3,(H2,12,17)(H,13,18). The quantitative estimate of drug-likeness (QED) is 0.663. The highest BCUT2D eigenvalue weighted by molar-refractivity contribution is 7.99. The first-order valence-corrected chi connectivity index (χ1v) is 7.13. The molecule has 1 aliphatic carbocycles. The summed E-state index contributed by atoms with van der Waals surface area (Å²) in [5, 5.41) is 11.6. The number of amides is 2. The van der Waals surface area contributed by atoms with E-state index in [0.717, 1.165) is 12.8 Å². The smallest absolute Gasteiger partial charge is 0.230 e. The average molecular weight is 283 g/mol. The minimum Gasteiger partial charge on any atom is -0.370 e. The topological polar surface area (TPSA) is 103 Å². The van der Waals surface area contributed by atoms with Crippen molar-refractivity contribution in [3.63, 3.8) is 0 Å². The summed E-state index contributed by atoms with van der Waals surface area (Å²) in [6.45, 7) is 0. The van der Waals surface area contributed by atoms with Gasteiger partial charge in [-0.15, -0.1) is 10.2 Å². The molecule has 0 atom stereocenters. The first kappa shape index (κ1) is 13.9. The highest BCUT2D eigenvalue weighted by Crippen LogP contribution is 2.20. The Balaban J connectivity index is 1.82. The van der Waals surface area contributed by atoms with Crippen LogP contribution >= 0.6 is 11.8 Å². The van der Waals surface area contributed by atoms with Gasteiger partial charge >= 0.3 is 0 Å². The molecule has 0 saturated heterocycles. The van der Waals surface area contributed by atoms with Gasteiger partial charge in [0, 0.05) is 25.9 Å². The molecule has 1 fully saturated rings. The molecule has 19 heavy (non-hydrogen) atoms. The molecule has 1 aliphatic rings. The molecule has 1 aromatic rings. The van der Waals surface area contributed by atoms with Gasteiger partial charge in [-0.3, -0.25) is 9.59 Å². The summed E-state index contributed by atoms with van der Waals surface area (Å²) < 4.78 is 1.79. The van der Waals surface area contributed by atoms with Crippen LogP contribution in [0.1, 0.15) is 25.1 Å². The molecule has 2 amide bonds. The Labute approximate surface area is 115 Å². The maximum absolute atomic E-state index is 11.5. The lowest BCUT2D eigenvalue weighted by atomic mass is 10.3. The molecule has 1 aromatic heterocycles. The van der Waals surface area contributed by atoms with Crippen LogP contribution in [0.3, 0.4) is 0 Å². The molecule has 0 bridgehead atoms. The van der Waals surface area contributed by atoms with Crippen molar-refractivity contribution in [2.75, 3.05) is 5.75 Å². The number of primary amides is 1. The van der Waals surface area contributed by atoms with Gasteiger partial charge in [-0.2, -0.15) is 0 Å². The molecule has 1 heterocycles. The number of hydrogen-bond acceptors (Lipinski definition) is 5. The van der Waals surface area contributed by atoms with Crippen LogP contribution in [0, 0.1) is 0 Å². The predicted octanol–water partition coefficient (Wildman–Crippen LogP) is -0.396. The van der Waals surface area contributed by atoms with E-state index < -0.39 is 0 Å². The lowest BCUT2D eigenvalue weighted by molar-refractivity contribution is -0.119. The van der Waals surface area contributed by atoms with Crippen LogP contribution in [-0.2, 0) is 23.1 Å². The Hall–Kier alpha value is -1.57. The summed E-state index contributed by atoms with van der Waals surface area (Å²) in [5.74, 6) is 0.692. The van der Waals surface area contributed by atoms with Gasteiger partial charge in [0.05, 0.1) is 5.75 Å². The van der Waals surface area contributed by atoms with E-state index in [1.54, 1.807) is 4.57 Å². The largest absolute Gasteiger partial charge is 0.370 e. The Morgan fingerprint density at radius 3 is 2.84 bits per heavy atom. The van der Waals surface area contributed by atoms with Crippen LogP contribution < -0.4 is 11.1 Å². The summed E-state index contributed by atoms with van der Waals surface area (Å²) in [4.78, 5) is 22.3. The van der Waals surface area contributed by atoms with Crippen molar-refractivity contribution >= 4 is 23.6 Å². The number of rotatable bonds is 7. The van der Waals surface area contributed by atoms with Gasteiger partial charge in [0.15, 0.2) is 5.16 Å². The van der Waals surface area contributed by atoms with Gasteiger partial charge in [0.25, 0.3) is 0 Å². The fourth-order valence-corrected chi connectivity index (χ4v) is 2.29. The number of thioether (sulfide) groups is 1. The van der Waals surface area contributed by atoms with E-state index in [4.69, 9.17) is 5.73 Å². The molecule has 1 saturated carbocycles. The third kappa shape index (κ3) is 4.23. The molecule has 0 unspecified atom stereocenters. The number of hydrogen-bond donors (Lipinski definition) is 2. The van der Waals surface area contributed by atoms with Crippen LogP contribution in [0.25, 0.3) is 0 Å². The van der Waals surface area contributed by atoms with Gasteiger partial charge in [0.1, 0.15) is 5.82 Å². The third-order valence-corrected chi connectivity index (χ3v) is 3.82. The van der Waals surface area contributed by atoms with Crippen molar-refractivity contribution in [1.82, 2.24) is 20.1 Å². The van der Waals surface area contributed by atoms with E-state index in [0.29, 0.717) is 29.2 Å². The zero-order valence-electron chi connectivity index (χ0n) is 10.8. The number of carbonyl (C=O) groups is 2. The SMILES string of the molecule is Cn1c(CCC(N)=O)nnc1SCC(=O)NC1CC1. The van der Waals surface area contributed by atoms with E-state index in [1.807, 2.05) is 7.05 Å². The van der Waals surface area contributed by atoms with E-state index in [2.05, 4.69) is 15.5 Å². The number of nitrogens with two attached hydrogens (primary N) is 1. The molecule has 2 rings (SSSR count). The summed E-state index contributed by atoms with van der Waals surface area (Å²) in [5.41, 5.74) is 5.09. The first-order chi connectivity index (χ1) is 9.06. The molecule has 0 spiro atoms.